The number of aromatic hydroxyl groups is 2. The van der Waals surface area contributed by atoms with Gasteiger partial charge >= 0.3 is 0 Å². The van der Waals surface area contributed by atoms with Crippen molar-refractivity contribution in [3.05, 3.63) is 21.1 Å². The summed E-state index contributed by atoms with van der Waals surface area (Å²) in [4.78, 5) is 0. The van der Waals surface area contributed by atoms with Crippen LogP contribution in [0.3, 0.4) is 0 Å². The Hall–Kier alpha value is -0.490. The zero-order valence-corrected chi connectivity index (χ0v) is 8.89. The quantitative estimate of drug-likeness (QED) is 0.733. The number of phenols is 1. The van der Waals surface area contributed by atoms with Gasteiger partial charge in [0.05, 0.1) is 3.57 Å². The van der Waals surface area contributed by atoms with Crippen LogP contribution >= 0.6 is 33.9 Å². The van der Waals surface area contributed by atoms with Gasteiger partial charge in [0.2, 0.25) is 0 Å². The van der Waals surface area contributed by atoms with Gasteiger partial charge in [-0.15, -0.1) is 11.3 Å². The van der Waals surface area contributed by atoms with Gasteiger partial charge in [-0.1, -0.05) is 0 Å². The maximum atomic E-state index is 9.35. The molecule has 0 fully saturated rings. The molecule has 2 aromatic rings. The zero-order valence-electron chi connectivity index (χ0n) is 5.91. The molecule has 0 aliphatic carbocycles. The van der Waals surface area contributed by atoms with Gasteiger partial charge in [-0.25, -0.2) is 0 Å². The highest BCUT2D eigenvalue weighted by Crippen LogP contribution is 2.35. The molecule has 0 aliphatic heterocycles. The minimum atomic E-state index is 0.219. The number of fused-ring (bicyclic) bond motifs is 1. The summed E-state index contributed by atoms with van der Waals surface area (Å²) in [6.07, 6.45) is 0. The third-order valence-corrected chi connectivity index (χ3v) is 3.42. The molecule has 1 aromatic carbocycles. The number of thiophene rings is 1. The van der Waals surface area contributed by atoms with Gasteiger partial charge in [0.1, 0.15) is 11.5 Å². The molecule has 1 aromatic heterocycles. The Labute approximate surface area is 86.6 Å². The Morgan fingerprint density at radius 1 is 1.17 bits per heavy atom. The van der Waals surface area contributed by atoms with Gasteiger partial charge in [-0.2, -0.15) is 0 Å². The molecule has 2 N–H and O–H groups in total. The number of phenolic OH excluding ortho intramolecular Hbond substituents is 1. The maximum Gasteiger partial charge on any atom is 0.134 e. The normalized spacial score (nSPS) is 10.8. The summed E-state index contributed by atoms with van der Waals surface area (Å²) < 4.78 is 1.80. The highest BCUT2D eigenvalue weighted by atomic mass is 127. The topological polar surface area (TPSA) is 40.5 Å². The molecule has 0 radical (unpaired) electrons. The fourth-order valence-corrected chi connectivity index (χ4v) is 2.54. The predicted octanol–water partition coefficient (Wildman–Crippen LogP) is 2.92. The minimum absolute atomic E-state index is 0.219. The number of rotatable bonds is 0. The average molecular weight is 292 g/mol. The standard InChI is InChI=1S/C8H5IO2S/c9-5-2-8-4(1-6(5)10)7(11)3-12-8/h1-3,10-11H. The van der Waals surface area contributed by atoms with Gasteiger partial charge in [0.25, 0.3) is 0 Å². The average Bonchev–Trinajstić information content (AvgIpc) is 2.35. The Morgan fingerprint density at radius 2 is 1.92 bits per heavy atom. The first-order valence-electron chi connectivity index (χ1n) is 3.27. The molecule has 0 bridgehead atoms. The first-order valence-corrected chi connectivity index (χ1v) is 5.23. The molecule has 0 aliphatic rings. The highest BCUT2D eigenvalue weighted by Gasteiger charge is 2.05. The lowest BCUT2D eigenvalue weighted by Crippen LogP contribution is -1.72. The number of hydrogen-bond acceptors (Lipinski definition) is 3. The van der Waals surface area contributed by atoms with E-state index in [0.29, 0.717) is 0 Å². The van der Waals surface area contributed by atoms with Crippen LogP contribution in [-0.4, -0.2) is 10.2 Å². The molecule has 0 saturated carbocycles. The molecule has 62 valence electrons. The van der Waals surface area contributed by atoms with Crippen molar-refractivity contribution in [1.82, 2.24) is 0 Å². The first kappa shape index (κ1) is 8.12. The Bertz CT molecular complexity index is 436. The summed E-state index contributed by atoms with van der Waals surface area (Å²) >= 11 is 3.53. The van der Waals surface area contributed by atoms with Crippen molar-refractivity contribution in [2.45, 2.75) is 0 Å². The molecule has 0 atom stereocenters. The maximum absolute atomic E-state index is 9.35. The van der Waals surface area contributed by atoms with Crippen LogP contribution in [0.5, 0.6) is 11.5 Å². The van der Waals surface area contributed by atoms with Gasteiger partial charge in [0, 0.05) is 15.5 Å². The van der Waals surface area contributed by atoms with Crippen LogP contribution in [0, 0.1) is 3.57 Å². The van der Waals surface area contributed by atoms with Crippen molar-refractivity contribution in [1.29, 1.82) is 0 Å². The third kappa shape index (κ3) is 1.15. The van der Waals surface area contributed by atoms with Crippen LogP contribution in [0.4, 0.5) is 0 Å². The second-order valence-corrected chi connectivity index (χ2v) is 4.49. The summed E-state index contributed by atoms with van der Waals surface area (Å²) in [6, 6.07) is 3.44. The molecule has 2 nitrogen and oxygen atoms in total. The van der Waals surface area contributed by atoms with Crippen LogP contribution in [0.25, 0.3) is 10.1 Å². The van der Waals surface area contributed by atoms with Crippen molar-refractivity contribution in [3.8, 4) is 11.5 Å². The van der Waals surface area contributed by atoms with Crippen LogP contribution in [-0.2, 0) is 0 Å². The molecule has 4 heteroatoms. The molecular weight excluding hydrogens is 287 g/mol. The SMILES string of the molecule is Oc1cc2c(O)csc2cc1I. The summed E-state index contributed by atoms with van der Waals surface area (Å²) in [5.41, 5.74) is 0. The van der Waals surface area contributed by atoms with E-state index in [4.69, 9.17) is 0 Å². The summed E-state index contributed by atoms with van der Waals surface area (Å²) in [7, 11) is 0. The smallest absolute Gasteiger partial charge is 0.134 e. The Morgan fingerprint density at radius 3 is 2.67 bits per heavy atom. The van der Waals surface area contributed by atoms with E-state index in [-0.39, 0.29) is 11.5 Å². The molecule has 0 saturated heterocycles. The lowest BCUT2D eigenvalue weighted by molar-refractivity contribution is 0.469. The lowest BCUT2D eigenvalue weighted by Gasteiger charge is -1.96. The second kappa shape index (κ2) is 2.77. The van der Waals surface area contributed by atoms with Gasteiger partial charge in [0.15, 0.2) is 0 Å². The summed E-state index contributed by atoms with van der Waals surface area (Å²) in [5, 5.41) is 21.1. The van der Waals surface area contributed by atoms with E-state index in [1.54, 1.807) is 11.4 Å². The molecule has 1 heterocycles. The number of benzene rings is 1. The van der Waals surface area contributed by atoms with E-state index < -0.39 is 0 Å². The van der Waals surface area contributed by atoms with Crippen molar-refractivity contribution >= 4 is 44.0 Å². The predicted molar refractivity (Wildman–Crippen MR) is 57.9 cm³/mol. The second-order valence-electron chi connectivity index (χ2n) is 2.42. The third-order valence-electron chi connectivity index (χ3n) is 1.62. The van der Waals surface area contributed by atoms with Crippen molar-refractivity contribution < 1.29 is 10.2 Å². The summed E-state index contributed by atoms with van der Waals surface area (Å²) in [6.45, 7) is 0. The van der Waals surface area contributed by atoms with Crippen LogP contribution < -0.4 is 0 Å². The van der Waals surface area contributed by atoms with Gasteiger partial charge in [-0.3, -0.25) is 0 Å². The molecule has 12 heavy (non-hydrogen) atoms. The van der Waals surface area contributed by atoms with E-state index in [0.717, 1.165) is 13.7 Å². The van der Waals surface area contributed by atoms with E-state index in [9.17, 15) is 10.2 Å². The van der Waals surface area contributed by atoms with Gasteiger partial charge in [-0.05, 0) is 34.7 Å². The van der Waals surface area contributed by atoms with Crippen molar-refractivity contribution in [3.63, 3.8) is 0 Å². The molecule has 2 rings (SSSR count). The monoisotopic (exact) mass is 292 g/mol. The van der Waals surface area contributed by atoms with E-state index in [1.807, 2.05) is 6.07 Å². The lowest BCUT2D eigenvalue weighted by atomic mass is 10.2. The van der Waals surface area contributed by atoms with Crippen LogP contribution in [0.15, 0.2) is 17.5 Å². The molecule has 0 spiro atoms. The molecule has 0 unspecified atom stereocenters. The highest BCUT2D eigenvalue weighted by molar-refractivity contribution is 14.1. The van der Waals surface area contributed by atoms with Crippen LogP contribution in [0.2, 0.25) is 0 Å². The summed E-state index contributed by atoms with van der Waals surface area (Å²) in [5.74, 6) is 0.457. The Balaban J connectivity index is 2.87. The number of halogens is 1. The van der Waals surface area contributed by atoms with Crippen LogP contribution in [0.1, 0.15) is 0 Å². The van der Waals surface area contributed by atoms with Gasteiger partial charge < -0.3 is 10.2 Å². The fourth-order valence-electron chi connectivity index (χ4n) is 1.02. The van der Waals surface area contributed by atoms with Crippen molar-refractivity contribution in [2.75, 3.05) is 0 Å². The number of hydrogen-bond donors (Lipinski definition) is 2. The largest absolute Gasteiger partial charge is 0.507 e. The van der Waals surface area contributed by atoms with E-state index in [1.165, 1.54) is 11.3 Å². The molecular formula is C8H5IO2S. The first-order chi connectivity index (χ1) is 5.68. The van der Waals surface area contributed by atoms with E-state index in [2.05, 4.69) is 22.6 Å². The zero-order chi connectivity index (χ0) is 8.72. The fraction of sp³-hybridized carbons (Fsp3) is 0. The minimum Gasteiger partial charge on any atom is -0.507 e. The molecule has 0 amide bonds. The van der Waals surface area contributed by atoms with E-state index >= 15 is 0 Å². The Kier molecular flexibility index (Phi) is 1.88. The van der Waals surface area contributed by atoms with Crippen molar-refractivity contribution in [2.24, 2.45) is 0 Å².